The van der Waals surface area contributed by atoms with E-state index in [0.717, 1.165) is 4.90 Å². The quantitative estimate of drug-likeness (QED) is 0.512. The van der Waals surface area contributed by atoms with Gasteiger partial charge in [-0.2, -0.15) is 0 Å². The van der Waals surface area contributed by atoms with Gasteiger partial charge in [0, 0.05) is 30.0 Å². The highest BCUT2D eigenvalue weighted by Gasteiger charge is 2.31. The van der Waals surface area contributed by atoms with Crippen LogP contribution in [0.15, 0.2) is 23.1 Å². The number of carbonyl (C=O) groups is 3. The molecule has 1 fully saturated rings. The molecule has 1 aliphatic heterocycles. The van der Waals surface area contributed by atoms with Gasteiger partial charge in [0.1, 0.15) is 0 Å². The highest BCUT2D eigenvalue weighted by atomic mass is 35.5. The molecule has 9 heteroatoms. The number of carboxylic acid groups (broad SMARTS) is 1. The Hall–Kier alpha value is -1.70. The fourth-order valence-corrected chi connectivity index (χ4v) is 3.72. The molecule has 0 bridgehead atoms. The topological polar surface area (TPSA) is 86.7 Å². The van der Waals surface area contributed by atoms with Gasteiger partial charge in [0.25, 0.3) is 0 Å². The molecule has 27 heavy (non-hydrogen) atoms. The fourth-order valence-electron chi connectivity index (χ4n) is 2.55. The van der Waals surface area contributed by atoms with E-state index < -0.39 is 11.9 Å². The Kier molecular flexibility index (Phi) is 7.59. The van der Waals surface area contributed by atoms with Crippen LogP contribution >= 0.6 is 35.0 Å². The minimum atomic E-state index is -1.02. The summed E-state index contributed by atoms with van der Waals surface area (Å²) < 4.78 is 0. The van der Waals surface area contributed by atoms with Gasteiger partial charge < -0.3 is 15.3 Å². The number of hydrogen-bond acceptors (Lipinski definition) is 4. The molecule has 6 nitrogen and oxygen atoms in total. The third kappa shape index (κ3) is 5.64. The average molecular weight is 431 g/mol. The molecule has 2 amide bonds. The van der Waals surface area contributed by atoms with Crippen LogP contribution in [0.3, 0.4) is 0 Å². The minimum Gasteiger partial charge on any atom is -0.481 e. The Morgan fingerprint density at radius 1 is 1.33 bits per heavy atom. The number of nitrogens with zero attached hydrogens (tertiary/aromatic N) is 1. The smallest absolute Gasteiger partial charge is 0.304 e. The van der Waals surface area contributed by atoms with E-state index in [0.29, 0.717) is 28.7 Å². The molecule has 1 aliphatic rings. The number of halogens is 2. The number of carbonyl (C=O) groups excluding carboxylic acids is 2. The summed E-state index contributed by atoms with van der Waals surface area (Å²) in [7, 11) is 0. The summed E-state index contributed by atoms with van der Waals surface area (Å²) in [6.45, 7) is 2.33. The van der Waals surface area contributed by atoms with E-state index >= 15 is 0 Å². The molecule has 2 N–H and O–H groups in total. The number of likely N-dealkylation sites (tertiary alicyclic amines) is 1. The Balaban J connectivity index is 1.85. The third-order valence-corrected chi connectivity index (χ3v) is 5.96. The van der Waals surface area contributed by atoms with Gasteiger partial charge >= 0.3 is 5.97 Å². The highest BCUT2D eigenvalue weighted by Crippen LogP contribution is 2.35. The lowest BCUT2D eigenvalue weighted by Crippen LogP contribution is -2.61. The molecule has 1 aromatic carbocycles. The molecular formula is C18H20Cl2N2O4S. The normalized spacial score (nSPS) is 15.5. The van der Waals surface area contributed by atoms with Crippen molar-refractivity contribution in [1.29, 1.82) is 0 Å². The summed E-state index contributed by atoms with van der Waals surface area (Å²) in [6.07, 6.45) is 4.71. The van der Waals surface area contributed by atoms with Gasteiger partial charge in [0.2, 0.25) is 11.8 Å². The van der Waals surface area contributed by atoms with E-state index in [4.69, 9.17) is 28.3 Å². The molecule has 0 saturated carbocycles. The summed E-state index contributed by atoms with van der Waals surface area (Å²) in [5, 5.41) is 12.3. The van der Waals surface area contributed by atoms with Crippen LogP contribution in [0.25, 0.3) is 6.08 Å². The van der Waals surface area contributed by atoms with Crippen molar-refractivity contribution in [2.24, 2.45) is 5.92 Å². The molecular weight excluding hydrogens is 411 g/mol. The standard InChI is InChI=1S/C18H20Cl2N2O4S/c1-10(7-15(24)25)18(26)21-12-8-22(9-12)14(23)6-4-11-3-5-13(27-2)17(20)16(11)19/h3-6,10,12H,7-9H2,1-2H3,(H,21,26)(H,24,25). The highest BCUT2D eigenvalue weighted by molar-refractivity contribution is 7.98. The van der Waals surface area contributed by atoms with Crippen molar-refractivity contribution in [2.45, 2.75) is 24.3 Å². The predicted molar refractivity (Wildman–Crippen MR) is 107 cm³/mol. The summed E-state index contributed by atoms with van der Waals surface area (Å²) in [5.74, 6) is -2.14. The number of aliphatic carboxylic acids is 1. The molecule has 0 aliphatic carbocycles. The Labute approximate surface area is 171 Å². The summed E-state index contributed by atoms with van der Waals surface area (Å²) in [5.41, 5.74) is 0.653. The maximum Gasteiger partial charge on any atom is 0.304 e. The Morgan fingerprint density at radius 3 is 2.59 bits per heavy atom. The van der Waals surface area contributed by atoms with Crippen LogP contribution in [0.1, 0.15) is 18.9 Å². The molecule has 1 aromatic rings. The van der Waals surface area contributed by atoms with Gasteiger partial charge in [-0.05, 0) is 24.0 Å². The number of nitrogens with one attached hydrogen (secondary N) is 1. The molecule has 0 aromatic heterocycles. The number of carboxylic acids is 1. The zero-order valence-electron chi connectivity index (χ0n) is 14.9. The third-order valence-electron chi connectivity index (χ3n) is 4.17. The van der Waals surface area contributed by atoms with Crippen LogP contribution in [0.4, 0.5) is 0 Å². The first-order valence-electron chi connectivity index (χ1n) is 8.24. The Bertz CT molecular complexity index is 779. The maximum absolute atomic E-state index is 12.2. The van der Waals surface area contributed by atoms with Crippen molar-refractivity contribution in [3.05, 3.63) is 33.8 Å². The summed E-state index contributed by atoms with van der Waals surface area (Å²) >= 11 is 13.9. The monoisotopic (exact) mass is 430 g/mol. The van der Waals surface area contributed by atoms with Crippen molar-refractivity contribution >= 4 is 58.8 Å². The molecule has 1 atom stereocenters. The van der Waals surface area contributed by atoms with Crippen LogP contribution in [0.2, 0.25) is 10.0 Å². The number of hydrogen-bond donors (Lipinski definition) is 2. The zero-order valence-corrected chi connectivity index (χ0v) is 17.2. The number of amides is 2. The molecule has 1 heterocycles. The lowest BCUT2D eigenvalue weighted by Gasteiger charge is -2.39. The largest absolute Gasteiger partial charge is 0.481 e. The minimum absolute atomic E-state index is 0.162. The van der Waals surface area contributed by atoms with Crippen LogP contribution in [0.5, 0.6) is 0 Å². The van der Waals surface area contributed by atoms with Crippen LogP contribution in [-0.2, 0) is 14.4 Å². The van der Waals surface area contributed by atoms with Gasteiger partial charge in [-0.1, -0.05) is 36.2 Å². The van der Waals surface area contributed by atoms with E-state index in [1.54, 1.807) is 24.0 Å². The van der Waals surface area contributed by atoms with Crippen LogP contribution < -0.4 is 5.32 Å². The van der Waals surface area contributed by atoms with Crippen molar-refractivity contribution in [2.75, 3.05) is 19.3 Å². The van der Waals surface area contributed by atoms with Crippen LogP contribution in [0, 0.1) is 5.92 Å². The van der Waals surface area contributed by atoms with Crippen LogP contribution in [-0.4, -0.2) is 53.2 Å². The first-order valence-corrected chi connectivity index (χ1v) is 10.2. The molecule has 0 spiro atoms. The van der Waals surface area contributed by atoms with E-state index in [9.17, 15) is 14.4 Å². The van der Waals surface area contributed by atoms with E-state index in [1.807, 2.05) is 12.3 Å². The van der Waals surface area contributed by atoms with E-state index in [-0.39, 0.29) is 24.3 Å². The molecule has 1 saturated heterocycles. The molecule has 146 valence electrons. The predicted octanol–water partition coefficient (Wildman–Crippen LogP) is 3.17. The van der Waals surface area contributed by atoms with Gasteiger partial charge in [-0.3, -0.25) is 14.4 Å². The first-order chi connectivity index (χ1) is 12.7. The lowest BCUT2D eigenvalue weighted by molar-refractivity contribution is -0.141. The van der Waals surface area contributed by atoms with Gasteiger partial charge in [-0.25, -0.2) is 0 Å². The SMILES string of the molecule is CSc1ccc(C=CC(=O)N2CC(NC(=O)C(C)CC(=O)O)C2)c(Cl)c1Cl. The second-order valence-electron chi connectivity index (χ2n) is 6.27. The van der Waals surface area contributed by atoms with E-state index in [1.165, 1.54) is 17.8 Å². The van der Waals surface area contributed by atoms with Crippen molar-refractivity contribution in [3.8, 4) is 0 Å². The van der Waals surface area contributed by atoms with Gasteiger partial charge in [0.15, 0.2) is 0 Å². The second kappa shape index (κ2) is 9.48. The van der Waals surface area contributed by atoms with Crippen molar-refractivity contribution < 1.29 is 19.5 Å². The molecule has 2 rings (SSSR count). The molecule has 0 radical (unpaired) electrons. The summed E-state index contributed by atoms with van der Waals surface area (Å²) in [6, 6.07) is 3.48. The van der Waals surface area contributed by atoms with Gasteiger partial charge in [0.05, 0.1) is 22.5 Å². The number of thioether (sulfide) groups is 1. The van der Waals surface area contributed by atoms with Gasteiger partial charge in [-0.15, -0.1) is 11.8 Å². The summed E-state index contributed by atoms with van der Waals surface area (Å²) in [4.78, 5) is 37.1. The Morgan fingerprint density at radius 2 is 2.00 bits per heavy atom. The zero-order chi connectivity index (χ0) is 20.1. The first kappa shape index (κ1) is 21.6. The van der Waals surface area contributed by atoms with E-state index in [2.05, 4.69) is 5.32 Å². The number of rotatable bonds is 7. The maximum atomic E-state index is 12.2. The fraction of sp³-hybridized carbons (Fsp3) is 0.389. The number of benzene rings is 1. The molecule has 1 unspecified atom stereocenters. The second-order valence-corrected chi connectivity index (χ2v) is 7.87. The van der Waals surface area contributed by atoms with Crippen molar-refractivity contribution in [3.63, 3.8) is 0 Å². The van der Waals surface area contributed by atoms with Crippen molar-refractivity contribution in [1.82, 2.24) is 10.2 Å². The lowest BCUT2D eigenvalue weighted by atomic mass is 10.0. The average Bonchev–Trinajstić information content (AvgIpc) is 2.57.